The molecule has 3 heteroatoms. The Morgan fingerprint density at radius 2 is 1.69 bits per heavy atom. The summed E-state index contributed by atoms with van der Waals surface area (Å²) in [6.45, 7) is 8.17. The van der Waals surface area contributed by atoms with Crippen molar-refractivity contribution in [3.63, 3.8) is 0 Å². The molecule has 0 amide bonds. The molecule has 2 N–H and O–H groups in total. The lowest BCUT2D eigenvalue weighted by atomic mass is 9.83. The van der Waals surface area contributed by atoms with E-state index >= 15 is 0 Å². The molecule has 0 aromatic rings. The second-order valence-corrected chi connectivity index (χ2v) is 5.90. The molecule has 0 radical (unpaired) electrons. The molecule has 2 aliphatic rings. The van der Waals surface area contributed by atoms with Gasteiger partial charge in [-0.25, -0.2) is 0 Å². The Morgan fingerprint density at radius 3 is 2.19 bits per heavy atom. The highest BCUT2D eigenvalue weighted by Gasteiger charge is 2.38. The maximum Gasteiger partial charge on any atom is 0.0356 e. The average Bonchev–Trinajstić information content (AvgIpc) is 2.32. The number of likely N-dealkylation sites (tertiary alicyclic amines) is 2. The number of rotatable bonds is 2. The molecular formula is C13H27N3. The van der Waals surface area contributed by atoms with Crippen LogP contribution in [0.15, 0.2) is 0 Å². The second-order valence-electron chi connectivity index (χ2n) is 5.90. The SMILES string of the molecule is CC1CCN(C2(CN)CCN(C)CC2)CC1. The molecule has 0 aliphatic carbocycles. The molecule has 0 spiro atoms. The van der Waals surface area contributed by atoms with Gasteiger partial charge in [-0.1, -0.05) is 6.92 Å². The number of hydrogen-bond acceptors (Lipinski definition) is 3. The van der Waals surface area contributed by atoms with Crippen molar-refractivity contribution in [3.8, 4) is 0 Å². The zero-order valence-corrected chi connectivity index (χ0v) is 10.9. The summed E-state index contributed by atoms with van der Waals surface area (Å²) in [4.78, 5) is 5.13. The van der Waals surface area contributed by atoms with Gasteiger partial charge in [0.1, 0.15) is 0 Å². The van der Waals surface area contributed by atoms with Crippen LogP contribution in [-0.2, 0) is 0 Å². The van der Waals surface area contributed by atoms with Crippen molar-refractivity contribution >= 4 is 0 Å². The largest absolute Gasteiger partial charge is 0.329 e. The molecular weight excluding hydrogens is 198 g/mol. The van der Waals surface area contributed by atoms with Crippen molar-refractivity contribution in [1.82, 2.24) is 9.80 Å². The summed E-state index contributed by atoms with van der Waals surface area (Å²) < 4.78 is 0. The van der Waals surface area contributed by atoms with E-state index in [0.717, 1.165) is 12.5 Å². The van der Waals surface area contributed by atoms with E-state index in [1.165, 1.54) is 51.9 Å². The van der Waals surface area contributed by atoms with Crippen LogP contribution in [0.1, 0.15) is 32.6 Å². The van der Waals surface area contributed by atoms with E-state index in [1.807, 2.05) is 0 Å². The quantitative estimate of drug-likeness (QED) is 0.765. The van der Waals surface area contributed by atoms with Gasteiger partial charge in [-0.05, 0) is 64.8 Å². The van der Waals surface area contributed by atoms with E-state index in [9.17, 15) is 0 Å². The maximum atomic E-state index is 6.09. The predicted octanol–water partition coefficient (Wildman–Crippen LogP) is 1.14. The Labute approximate surface area is 100.0 Å². The first kappa shape index (κ1) is 12.3. The van der Waals surface area contributed by atoms with Gasteiger partial charge in [0.2, 0.25) is 0 Å². The van der Waals surface area contributed by atoms with Gasteiger partial charge in [0.25, 0.3) is 0 Å². The minimum absolute atomic E-state index is 0.326. The molecule has 2 aliphatic heterocycles. The minimum Gasteiger partial charge on any atom is -0.329 e. The van der Waals surface area contributed by atoms with Gasteiger partial charge in [-0.2, -0.15) is 0 Å². The summed E-state index contributed by atoms with van der Waals surface area (Å²) in [6.07, 6.45) is 5.23. The van der Waals surface area contributed by atoms with Gasteiger partial charge in [-0.15, -0.1) is 0 Å². The average molecular weight is 225 g/mol. The lowest BCUT2D eigenvalue weighted by Crippen LogP contribution is -2.60. The first-order valence-corrected chi connectivity index (χ1v) is 6.80. The monoisotopic (exact) mass is 225 g/mol. The highest BCUT2D eigenvalue weighted by atomic mass is 15.2. The first-order chi connectivity index (χ1) is 7.66. The van der Waals surface area contributed by atoms with Crippen LogP contribution in [0, 0.1) is 5.92 Å². The van der Waals surface area contributed by atoms with Gasteiger partial charge in [-0.3, -0.25) is 4.90 Å². The molecule has 16 heavy (non-hydrogen) atoms. The van der Waals surface area contributed by atoms with Crippen molar-refractivity contribution in [3.05, 3.63) is 0 Å². The lowest BCUT2D eigenvalue weighted by Gasteiger charge is -2.50. The molecule has 3 nitrogen and oxygen atoms in total. The molecule has 2 rings (SSSR count). The van der Waals surface area contributed by atoms with E-state index in [1.54, 1.807) is 0 Å². The van der Waals surface area contributed by atoms with Crippen molar-refractivity contribution < 1.29 is 0 Å². The predicted molar refractivity (Wildman–Crippen MR) is 68.5 cm³/mol. The van der Waals surface area contributed by atoms with Crippen LogP contribution < -0.4 is 5.73 Å². The molecule has 2 heterocycles. The van der Waals surface area contributed by atoms with Crippen molar-refractivity contribution in [2.75, 3.05) is 39.8 Å². The fraction of sp³-hybridized carbons (Fsp3) is 1.00. The zero-order chi connectivity index (χ0) is 11.6. The van der Waals surface area contributed by atoms with Crippen LogP contribution in [0.25, 0.3) is 0 Å². The van der Waals surface area contributed by atoms with Gasteiger partial charge < -0.3 is 10.6 Å². The van der Waals surface area contributed by atoms with E-state index in [-0.39, 0.29) is 0 Å². The second kappa shape index (κ2) is 5.03. The molecule has 2 fully saturated rings. The van der Waals surface area contributed by atoms with E-state index in [0.29, 0.717) is 5.54 Å². The minimum atomic E-state index is 0.326. The molecule has 2 saturated heterocycles. The first-order valence-electron chi connectivity index (χ1n) is 6.80. The van der Waals surface area contributed by atoms with Crippen LogP contribution in [0.3, 0.4) is 0 Å². The van der Waals surface area contributed by atoms with Crippen LogP contribution in [0.4, 0.5) is 0 Å². The highest BCUT2D eigenvalue weighted by Crippen LogP contribution is 2.31. The summed E-state index contributed by atoms with van der Waals surface area (Å²) in [6, 6.07) is 0. The van der Waals surface area contributed by atoms with Crippen LogP contribution in [-0.4, -0.2) is 55.1 Å². The third-order valence-electron chi connectivity index (χ3n) is 4.75. The number of nitrogens with zero attached hydrogens (tertiary/aromatic N) is 2. The fourth-order valence-electron chi connectivity index (χ4n) is 3.17. The summed E-state index contributed by atoms with van der Waals surface area (Å²) >= 11 is 0. The summed E-state index contributed by atoms with van der Waals surface area (Å²) in [5, 5.41) is 0. The summed E-state index contributed by atoms with van der Waals surface area (Å²) in [7, 11) is 2.22. The topological polar surface area (TPSA) is 32.5 Å². The molecule has 0 bridgehead atoms. The van der Waals surface area contributed by atoms with E-state index < -0.39 is 0 Å². The number of nitrogens with two attached hydrogens (primary N) is 1. The molecule has 94 valence electrons. The van der Waals surface area contributed by atoms with Crippen molar-refractivity contribution in [2.24, 2.45) is 11.7 Å². The molecule has 0 saturated carbocycles. The standard InChI is InChI=1S/C13H27N3/c1-12-3-7-16(8-4-12)13(11-14)5-9-15(2)10-6-13/h12H,3-11,14H2,1-2H3. The third-order valence-corrected chi connectivity index (χ3v) is 4.75. The Hall–Kier alpha value is -0.120. The Bertz CT molecular complexity index is 213. The van der Waals surface area contributed by atoms with Crippen LogP contribution >= 0.6 is 0 Å². The Morgan fingerprint density at radius 1 is 1.12 bits per heavy atom. The lowest BCUT2D eigenvalue weighted by molar-refractivity contribution is 0.0114. The molecule has 0 aromatic carbocycles. The molecule has 0 unspecified atom stereocenters. The van der Waals surface area contributed by atoms with Crippen molar-refractivity contribution in [2.45, 2.75) is 38.1 Å². The molecule has 0 aromatic heterocycles. The van der Waals surface area contributed by atoms with Crippen LogP contribution in [0.5, 0.6) is 0 Å². The fourth-order valence-corrected chi connectivity index (χ4v) is 3.17. The summed E-state index contributed by atoms with van der Waals surface area (Å²) in [5.74, 6) is 0.914. The van der Waals surface area contributed by atoms with Crippen LogP contribution in [0.2, 0.25) is 0 Å². The normalized spacial score (nSPS) is 29.4. The van der Waals surface area contributed by atoms with Crippen molar-refractivity contribution in [1.29, 1.82) is 0 Å². The third kappa shape index (κ3) is 2.41. The summed E-state index contributed by atoms with van der Waals surface area (Å²) in [5.41, 5.74) is 6.42. The smallest absolute Gasteiger partial charge is 0.0356 e. The van der Waals surface area contributed by atoms with Gasteiger partial charge >= 0.3 is 0 Å². The zero-order valence-electron chi connectivity index (χ0n) is 10.9. The maximum absolute atomic E-state index is 6.09. The van der Waals surface area contributed by atoms with Gasteiger partial charge in [0.15, 0.2) is 0 Å². The number of hydrogen-bond donors (Lipinski definition) is 1. The van der Waals surface area contributed by atoms with E-state index in [2.05, 4.69) is 23.8 Å². The molecule has 0 atom stereocenters. The van der Waals surface area contributed by atoms with Gasteiger partial charge in [0, 0.05) is 12.1 Å². The highest BCUT2D eigenvalue weighted by molar-refractivity contribution is 4.97. The number of piperidine rings is 2. The Balaban J connectivity index is 1.98. The van der Waals surface area contributed by atoms with E-state index in [4.69, 9.17) is 5.73 Å². The Kier molecular flexibility index (Phi) is 3.88. The van der Waals surface area contributed by atoms with Gasteiger partial charge in [0.05, 0.1) is 0 Å².